The zero-order valence-corrected chi connectivity index (χ0v) is 16.8. The Morgan fingerprint density at radius 3 is 1.93 bits per heavy atom. The number of hydrogen-bond donors (Lipinski definition) is 0. The molecule has 0 N–H and O–H groups in total. The lowest BCUT2D eigenvalue weighted by Gasteiger charge is -2.13. The van der Waals surface area contributed by atoms with E-state index in [0.29, 0.717) is 23.4 Å². The number of hydrogen-bond acceptors (Lipinski definition) is 2. The van der Waals surface area contributed by atoms with Crippen molar-refractivity contribution < 1.29 is 4.79 Å². The van der Waals surface area contributed by atoms with Crippen molar-refractivity contribution in [1.29, 1.82) is 0 Å². The van der Waals surface area contributed by atoms with Gasteiger partial charge in [0.05, 0.1) is 10.7 Å². The number of benzene rings is 3. The average molecular weight is 388 g/mol. The molecule has 0 aromatic heterocycles. The Morgan fingerprint density at radius 1 is 0.852 bits per heavy atom. The molecular weight excluding hydrogens is 369 g/mol. The molecule has 0 saturated heterocycles. The third-order valence-corrected chi connectivity index (χ3v) is 5.04. The Kier molecular flexibility index (Phi) is 7.01. The molecule has 0 amide bonds. The van der Waals surface area contributed by atoms with Crippen LogP contribution in [0.5, 0.6) is 0 Å². The molecule has 0 fully saturated rings. The predicted octanol–water partition coefficient (Wildman–Crippen LogP) is 5.34. The molecule has 1 atom stereocenters. The number of aliphatic imine (C=N–C) groups is 1. The van der Waals surface area contributed by atoms with Crippen LogP contribution in [0.2, 0.25) is 5.02 Å². The summed E-state index contributed by atoms with van der Waals surface area (Å²) < 4.78 is 0. The summed E-state index contributed by atoms with van der Waals surface area (Å²) >= 11 is 8.87. The maximum Gasteiger partial charge on any atom is 0.164 e. The summed E-state index contributed by atoms with van der Waals surface area (Å²) in [6.07, 6.45) is 1.04. The van der Waals surface area contributed by atoms with Crippen LogP contribution in [0.25, 0.3) is 0 Å². The van der Waals surface area contributed by atoms with Gasteiger partial charge in [0.25, 0.3) is 0 Å². The molecule has 4 heteroatoms. The fourth-order valence-electron chi connectivity index (χ4n) is 2.84. The Morgan fingerprint density at radius 2 is 1.37 bits per heavy atom. The summed E-state index contributed by atoms with van der Waals surface area (Å²) in [5.41, 5.74) is 3.63. The van der Waals surface area contributed by atoms with E-state index < -0.39 is 0 Å². The van der Waals surface area contributed by atoms with Crippen molar-refractivity contribution in [2.45, 2.75) is 17.7 Å². The van der Waals surface area contributed by atoms with Gasteiger partial charge in [0, 0.05) is 23.1 Å². The monoisotopic (exact) mass is 387 g/mol. The van der Waals surface area contributed by atoms with Gasteiger partial charge in [-0.1, -0.05) is 84.4 Å². The lowest BCUT2D eigenvalue weighted by atomic mass is 10.0. The molecule has 0 aliphatic carbocycles. The van der Waals surface area contributed by atoms with Gasteiger partial charge in [0.15, 0.2) is 22.1 Å². The van der Waals surface area contributed by atoms with Crippen molar-refractivity contribution in [2.75, 3.05) is 0 Å². The third-order valence-electron chi connectivity index (χ3n) is 4.23. The fraction of sp³-hybridized carbons (Fsp3) is 0.130. The minimum absolute atomic E-state index is 0.0456. The molecule has 27 heavy (non-hydrogen) atoms. The van der Waals surface area contributed by atoms with Crippen molar-refractivity contribution >= 4 is 39.4 Å². The number of carbonyl (C=O) groups is 1. The Bertz CT molecular complexity index is 884. The first-order valence-corrected chi connectivity index (χ1v) is 9.91. The number of nitrogens with zero attached hydrogens (tertiary/aromatic N) is 1. The van der Waals surface area contributed by atoms with Gasteiger partial charge < -0.3 is 0 Å². The first-order valence-electron chi connectivity index (χ1n) is 8.87. The first-order chi connectivity index (χ1) is 13.1. The van der Waals surface area contributed by atoms with Gasteiger partial charge in [-0.15, -0.1) is 0 Å². The van der Waals surface area contributed by atoms with Gasteiger partial charge in [-0.3, -0.25) is 9.79 Å². The van der Waals surface area contributed by atoms with Crippen LogP contribution >= 0.6 is 11.6 Å². The highest BCUT2D eigenvalue weighted by Gasteiger charge is 2.13. The molecule has 0 heterocycles. The van der Waals surface area contributed by atoms with Crippen molar-refractivity contribution in [2.24, 2.45) is 4.99 Å². The molecule has 2 radical (unpaired) electrons. The smallest absolute Gasteiger partial charge is 0.164 e. The van der Waals surface area contributed by atoms with Gasteiger partial charge in [0.2, 0.25) is 0 Å². The number of carbonyl (C=O) groups excluding carboxylic acids is 1. The van der Waals surface area contributed by atoms with Gasteiger partial charge in [-0.05, 0) is 23.5 Å². The van der Waals surface area contributed by atoms with Crippen LogP contribution in [0.1, 0.15) is 34.3 Å². The van der Waals surface area contributed by atoms with Crippen LogP contribution in [0.4, 0.5) is 0 Å². The maximum atomic E-state index is 12.5. The number of Topliss-reactive ketones (excluding diaryl/α,β-unsaturated/α-hetero) is 1. The normalized spacial score (nSPS) is 11.6. The molecule has 0 aliphatic rings. The van der Waals surface area contributed by atoms with Gasteiger partial charge >= 0.3 is 0 Å². The van der Waals surface area contributed by atoms with Crippen LogP contribution < -0.4 is 0 Å². The molecule has 0 bridgehead atoms. The second-order valence-electron chi connectivity index (χ2n) is 6.22. The molecule has 3 aromatic carbocycles. The van der Waals surface area contributed by atoms with E-state index in [-0.39, 0.29) is 10.7 Å². The van der Waals surface area contributed by atoms with E-state index in [4.69, 9.17) is 16.6 Å². The highest BCUT2D eigenvalue weighted by molar-refractivity contribution is 6.34. The van der Waals surface area contributed by atoms with Crippen molar-refractivity contribution in [3.8, 4) is 0 Å². The molecule has 2 nitrogen and oxygen atoms in total. The minimum atomic E-state index is -0.0631. The molecule has 0 spiro atoms. The topological polar surface area (TPSA) is 29.4 Å². The molecule has 132 valence electrons. The predicted molar refractivity (Wildman–Crippen MR) is 113 cm³/mol. The Balaban J connectivity index is 1.77. The summed E-state index contributed by atoms with van der Waals surface area (Å²) in [5, 5.41) is 0.501. The quantitative estimate of drug-likeness (QED) is 0.306. The molecular formula is C23H19AlClNO. The second kappa shape index (κ2) is 9.67. The van der Waals surface area contributed by atoms with Crippen LogP contribution in [0, 0.1) is 0 Å². The number of ketones is 1. The van der Waals surface area contributed by atoms with Crippen molar-refractivity contribution in [3.63, 3.8) is 0 Å². The zero-order chi connectivity index (χ0) is 19.1. The van der Waals surface area contributed by atoms with Gasteiger partial charge in [-0.25, -0.2) is 0 Å². The van der Waals surface area contributed by atoms with E-state index in [0.717, 1.165) is 16.8 Å². The van der Waals surface area contributed by atoms with Crippen LogP contribution in [0.3, 0.4) is 0 Å². The second-order valence-corrected chi connectivity index (χ2v) is 7.40. The van der Waals surface area contributed by atoms with Crippen molar-refractivity contribution in [1.82, 2.24) is 0 Å². The Labute approximate surface area is 173 Å². The van der Waals surface area contributed by atoms with Crippen LogP contribution in [-0.4, -0.2) is 32.7 Å². The van der Waals surface area contributed by atoms with E-state index in [2.05, 4.69) is 40.6 Å². The van der Waals surface area contributed by atoms with E-state index in [1.54, 1.807) is 12.1 Å². The van der Waals surface area contributed by atoms with E-state index in [1.807, 2.05) is 48.5 Å². The molecule has 3 aromatic rings. The standard InChI is InChI=1S/C23H19ClNO.Al/c24-21-15-8-7-14-20(21)22(26)16-9-17-25-23(18-10-3-1-4-11-18)19-12-5-2-6-13-19;/h1-8,10-15,17H,9,16H2;. The summed E-state index contributed by atoms with van der Waals surface area (Å²) in [6, 6.07) is 27.4. The van der Waals surface area contributed by atoms with Gasteiger partial charge in [-0.2, -0.15) is 0 Å². The lowest BCUT2D eigenvalue weighted by molar-refractivity contribution is 0.0980. The maximum absolute atomic E-state index is 12.5. The average Bonchev–Trinajstić information content (AvgIpc) is 2.72. The number of rotatable bonds is 7. The number of halogens is 1. The Hall–Kier alpha value is -2.18. The summed E-state index contributed by atoms with van der Waals surface area (Å²) in [6.45, 7) is 0. The highest BCUT2D eigenvalue weighted by Crippen LogP contribution is 2.19. The lowest BCUT2D eigenvalue weighted by Crippen LogP contribution is -2.13. The molecule has 0 saturated carbocycles. The summed E-state index contributed by atoms with van der Waals surface area (Å²) in [5.74, 6) is 0.0456. The molecule has 1 unspecified atom stereocenters. The summed E-state index contributed by atoms with van der Waals surface area (Å²) in [7, 11) is 0. The molecule has 0 aliphatic heterocycles. The largest absolute Gasteiger partial charge is 0.298 e. The third kappa shape index (κ3) is 5.40. The van der Waals surface area contributed by atoms with E-state index in [9.17, 15) is 4.79 Å². The highest BCUT2D eigenvalue weighted by atomic mass is 35.5. The fourth-order valence-corrected chi connectivity index (χ4v) is 3.40. The molecule has 3 rings (SSSR count). The zero-order valence-electron chi connectivity index (χ0n) is 14.9. The first kappa shape index (κ1) is 19.6. The van der Waals surface area contributed by atoms with Crippen LogP contribution in [0.15, 0.2) is 89.9 Å². The van der Waals surface area contributed by atoms with Crippen LogP contribution in [-0.2, 0) is 0 Å². The SMILES string of the molecule is O=C(CC[CH]([Al])N=C(c1ccccc1)c1ccccc1)c1ccccc1Cl. The minimum Gasteiger partial charge on any atom is -0.298 e. The van der Waals surface area contributed by atoms with E-state index >= 15 is 0 Å². The summed E-state index contributed by atoms with van der Waals surface area (Å²) in [4.78, 5) is 17.3. The van der Waals surface area contributed by atoms with E-state index in [1.165, 1.54) is 0 Å². The van der Waals surface area contributed by atoms with Crippen molar-refractivity contribution in [3.05, 3.63) is 107 Å². The van der Waals surface area contributed by atoms with Gasteiger partial charge in [0.1, 0.15) is 0 Å².